The van der Waals surface area contributed by atoms with Crippen LogP contribution in [0.15, 0.2) is 44.5 Å². The molecule has 1 aromatic carbocycles. The normalized spacial score (nSPS) is 10.4. The van der Waals surface area contributed by atoms with E-state index in [1.807, 2.05) is 6.07 Å². The summed E-state index contributed by atoms with van der Waals surface area (Å²) in [6.45, 7) is 0. The van der Waals surface area contributed by atoms with Crippen molar-refractivity contribution in [2.45, 2.75) is 0 Å². The summed E-state index contributed by atoms with van der Waals surface area (Å²) in [6, 6.07) is 8.91. The second-order valence-electron chi connectivity index (χ2n) is 3.18. The van der Waals surface area contributed by atoms with Crippen LogP contribution < -0.4 is 11.2 Å². The van der Waals surface area contributed by atoms with Gasteiger partial charge in [-0.15, -0.1) is 0 Å². The second kappa shape index (κ2) is 4.05. The van der Waals surface area contributed by atoms with Crippen LogP contribution >= 0.6 is 15.9 Å². The fraction of sp³-hybridized carbons (Fsp3) is 0.100. The third-order valence-corrected chi connectivity index (χ3v) is 2.64. The Morgan fingerprint density at radius 2 is 1.81 bits per heavy atom. The van der Waals surface area contributed by atoms with Crippen molar-refractivity contribution in [1.29, 1.82) is 0 Å². The molecule has 0 bridgehead atoms. The zero-order chi connectivity index (χ0) is 11.7. The van der Waals surface area contributed by atoms with E-state index in [9.17, 15) is 9.59 Å². The third-order valence-electron chi connectivity index (χ3n) is 2.14. The van der Waals surface area contributed by atoms with Crippen LogP contribution in [-0.2, 0) is 7.05 Å². The van der Waals surface area contributed by atoms with E-state index in [1.165, 1.54) is 11.7 Å². The molecule has 0 saturated heterocycles. The van der Waals surface area contributed by atoms with Crippen molar-refractivity contribution in [1.82, 2.24) is 14.3 Å². The Hall–Kier alpha value is -1.69. The minimum absolute atomic E-state index is 0.110. The second-order valence-corrected chi connectivity index (χ2v) is 3.94. The van der Waals surface area contributed by atoms with Gasteiger partial charge in [0, 0.05) is 7.05 Å². The molecule has 0 aliphatic heterocycles. The molecule has 0 radical (unpaired) electrons. The molecule has 2 aromatic rings. The van der Waals surface area contributed by atoms with Gasteiger partial charge in [0.25, 0.3) is 5.56 Å². The number of hydrogen-bond donors (Lipinski definition) is 0. The standard InChI is InChI=1S/C10H8BrN3O2/c1-13-9(15)8(11)12-14(10(13)16)7-5-3-2-4-6-7/h2-6H,1H3. The molecule has 1 aromatic heterocycles. The first-order valence-electron chi connectivity index (χ1n) is 4.52. The van der Waals surface area contributed by atoms with Gasteiger partial charge in [-0.05, 0) is 28.1 Å². The van der Waals surface area contributed by atoms with Crippen molar-refractivity contribution < 1.29 is 0 Å². The summed E-state index contributed by atoms with van der Waals surface area (Å²) in [5.41, 5.74) is -0.305. The molecule has 0 unspecified atom stereocenters. The Morgan fingerprint density at radius 3 is 2.44 bits per heavy atom. The van der Waals surface area contributed by atoms with Crippen LogP contribution in [0.25, 0.3) is 5.69 Å². The SMILES string of the molecule is Cn1c(=O)c(Br)nn(-c2ccccc2)c1=O. The van der Waals surface area contributed by atoms with E-state index in [2.05, 4.69) is 21.0 Å². The lowest BCUT2D eigenvalue weighted by molar-refractivity contribution is 0.643. The highest BCUT2D eigenvalue weighted by atomic mass is 79.9. The maximum atomic E-state index is 11.8. The van der Waals surface area contributed by atoms with Crippen LogP contribution in [0.5, 0.6) is 0 Å². The Kier molecular flexibility index (Phi) is 2.74. The van der Waals surface area contributed by atoms with Crippen LogP contribution in [0.1, 0.15) is 0 Å². The molecule has 0 N–H and O–H groups in total. The summed E-state index contributed by atoms with van der Waals surface area (Å²) in [5, 5.41) is 3.89. The zero-order valence-electron chi connectivity index (χ0n) is 8.42. The molecule has 82 valence electrons. The average Bonchev–Trinajstić information content (AvgIpc) is 2.32. The molecule has 2 rings (SSSR count). The smallest absolute Gasteiger partial charge is 0.266 e. The van der Waals surface area contributed by atoms with E-state index in [0.717, 1.165) is 4.57 Å². The Morgan fingerprint density at radius 1 is 1.19 bits per heavy atom. The molecule has 0 amide bonds. The van der Waals surface area contributed by atoms with Gasteiger partial charge < -0.3 is 0 Å². The first-order chi connectivity index (χ1) is 7.61. The van der Waals surface area contributed by atoms with Gasteiger partial charge in [0.2, 0.25) is 0 Å². The highest BCUT2D eigenvalue weighted by Gasteiger charge is 2.08. The van der Waals surface area contributed by atoms with Gasteiger partial charge in [-0.1, -0.05) is 18.2 Å². The largest absolute Gasteiger partial charge is 0.352 e. The molecular weight excluding hydrogens is 274 g/mol. The first kappa shape index (κ1) is 10.8. The van der Waals surface area contributed by atoms with E-state index < -0.39 is 11.2 Å². The highest BCUT2D eigenvalue weighted by Crippen LogP contribution is 2.02. The van der Waals surface area contributed by atoms with E-state index in [1.54, 1.807) is 24.3 Å². The van der Waals surface area contributed by atoms with Gasteiger partial charge >= 0.3 is 5.69 Å². The van der Waals surface area contributed by atoms with Crippen LogP contribution in [0.4, 0.5) is 0 Å². The van der Waals surface area contributed by atoms with Crippen molar-refractivity contribution in [2.75, 3.05) is 0 Å². The predicted octanol–water partition coefficient (Wildman–Crippen LogP) is 0.694. The van der Waals surface area contributed by atoms with Gasteiger partial charge in [-0.25, -0.2) is 4.79 Å². The fourth-order valence-electron chi connectivity index (χ4n) is 1.28. The van der Waals surface area contributed by atoms with E-state index in [-0.39, 0.29) is 4.60 Å². The molecule has 0 spiro atoms. The summed E-state index contributed by atoms with van der Waals surface area (Å²) >= 11 is 3.02. The Bertz CT molecular complexity index is 631. The van der Waals surface area contributed by atoms with Crippen molar-refractivity contribution in [3.05, 3.63) is 55.8 Å². The van der Waals surface area contributed by atoms with Gasteiger partial charge in [0.05, 0.1) is 5.69 Å². The number of benzene rings is 1. The molecule has 0 atom stereocenters. The van der Waals surface area contributed by atoms with Gasteiger partial charge in [0.15, 0.2) is 4.60 Å². The van der Waals surface area contributed by atoms with E-state index in [0.29, 0.717) is 5.69 Å². The summed E-state index contributed by atoms with van der Waals surface area (Å²) in [6.07, 6.45) is 0. The molecule has 6 heteroatoms. The zero-order valence-corrected chi connectivity index (χ0v) is 10.0. The lowest BCUT2D eigenvalue weighted by atomic mass is 10.3. The quantitative estimate of drug-likeness (QED) is 0.773. The topological polar surface area (TPSA) is 56.9 Å². The van der Waals surface area contributed by atoms with Crippen molar-refractivity contribution in [3.8, 4) is 5.69 Å². The summed E-state index contributed by atoms with van der Waals surface area (Å²) in [5.74, 6) is 0. The number of halogens is 1. The lowest BCUT2D eigenvalue weighted by Gasteiger charge is -2.05. The molecule has 0 saturated carbocycles. The van der Waals surface area contributed by atoms with Crippen molar-refractivity contribution >= 4 is 15.9 Å². The van der Waals surface area contributed by atoms with Crippen LogP contribution in [0, 0.1) is 0 Å². The Balaban J connectivity index is 2.78. The summed E-state index contributed by atoms with van der Waals surface area (Å²) in [4.78, 5) is 23.2. The monoisotopic (exact) mass is 281 g/mol. The van der Waals surface area contributed by atoms with E-state index >= 15 is 0 Å². The van der Waals surface area contributed by atoms with Crippen LogP contribution in [0.3, 0.4) is 0 Å². The molecule has 0 aliphatic carbocycles. The minimum Gasteiger partial charge on any atom is -0.266 e. The molecular formula is C10H8BrN3O2. The average molecular weight is 282 g/mol. The van der Waals surface area contributed by atoms with E-state index in [4.69, 9.17) is 0 Å². The fourth-order valence-corrected chi connectivity index (χ4v) is 1.70. The summed E-state index contributed by atoms with van der Waals surface area (Å²) < 4.78 is 2.29. The minimum atomic E-state index is -0.473. The first-order valence-corrected chi connectivity index (χ1v) is 5.32. The summed E-state index contributed by atoms with van der Waals surface area (Å²) in [7, 11) is 1.41. The molecule has 1 heterocycles. The third kappa shape index (κ3) is 1.71. The number of para-hydroxylation sites is 1. The Labute approximate surface area is 99.1 Å². The lowest BCUT2D eigenvalue weighted by Crippen LogP contribution is -2.39. The molecule has 16 heavy (non-hydrogen) atoms. The number of nitrogens with zero attached hydrogens (tertiary/aromatic N) is 3. The number of hydrogen-bond acceptors (Lipinski definition) is 3. The highest BCUT2D eigenvalue weighted by molar-refractivity contribution is 9.10. The van der Waals surface area contributed by atoms with Gasteiger partial charge in [-0.3, -0.25) is 9.36 Å². The maximum absolute atomic E-state index is 11.8. The van der Waals surface area contributed by atoms with Gasteiger partial charge in [0.1, 0.15) is 0 Å². The van der Waals surface area contributed by atoms with Crippen LogP contribution in [0.2, 0.25) is 0 Å². The van der Waals surface area contributed by atoms with Crippen molar-refractivity contribution in [2.24, 2.45) is 7.05 Å². The molecule has 0 aliphatic rings. The molecule has 0 fully saturated rings. The van der Waals surface area contributed by atoms with Crippen molar-refractivity contribution in [3.63, 3.8) is 0 Å². The number of rotatable bonds is 1. The predicted molar refractivity (Wildman–Crippen MR) is 62.8 cm³/mol. The van der Waals surface area contributed by atoms with Gasteiger partial charge in [-0.2, -0.15) is 9.78 Å². The maximum Gasteiger partial charge on any atom is 0.352 e. The number of aromatic nitrogens is 3. The molecule has 5 nitrogen and oxygen atoms in total. The van der Waals surface area contributed by atoms with Crippen LogP contribution in [-0.4, -0.2) is 14.3 Å².